The Morgan fingerprint density at radius 1 is 1.39 bits per heavy atom. The average Bonchev–Trinajstić information content (AvgIpc) is 2.98. The standard InChI is InChI=1S/C14H18BrNO2/c15-12-5-9-2-4-18-14(9)11(6-12)7-13(16)10-1-3-17-8-10/h5-6,10,13H,1-4,7-8,16H2. The molecule has 2 unspecified atom stereocenters. The van der Waals surface area contributed by atoms with E-state index in [-0.39, 0.29) is 6.04 Å². The summed E-state index contributed by atoms with van der Waals surface area (Å²) in [5.41, 5.74) is 8.84. The van der Waals surface area contributed by atoms with Crippen LogP contribution in [0.25, 0.3) is 0 Å². The number of hydrogen-bond donors (Lipinski definition) is 1. The van der Waals surface area contributed by atoms with Crippen molar-refractivity contribution in [2.45, 2.75) is 25.3 Å². The Morgan fingerprint density at radius 2 is 2.28 bits per heavy atom. The smallest absolute Gasteiger partial charge is 0.125 e. The second-order valence-electron chi connectivity index (χ2n) is 5.14. The topological polar surface area (TPSA) is 44.5 Å². The van der Waals surface area contributed by atoms with E-state index in [2.05, 4.69) is 28.1 Å². The molecule has 0 amide bonds. The zero-order valence-electron chi connectivity index (χ0n) is 10.3. The van der Waals surface area contributed by atoms with Gasteiger partial charge in [0.05, 0.1) is 13.2 Å². The fraction of sp³-hybridized carbons (Fsp3) is 0.571. The predicted octanol–water partition coefficient (Wildman–Crippen LogP) is 2.29. The molecule has 2 N–H and O–H groups in total. The van der Waals surface area contributed by atoms with E-state index in [1.807, 2.05) is 0 Å². The second kappa shape index (κ2) is 5.19. The van der Waals surface area contributed by atoms with Gasteiger partial charge in [0.25, 0.3) is 0 Å². The summed E-state index contributed by atoms with van der Waals surface area (Å²) < 4.78 is 12.3. The minimum absolute atomic E-state index is 0.162. The Balaban J connectivity index is 1.79. The minimum atomic E-state index is 0.162. The van der Waals surface area contributed by atoms with E-state index in [0.717, 1.165) is 49.3 Å². The summed E-state index contributed by atoms with van der Waals surface area (Å²) in [5.74, 6) is 1.55. The van der Waals surface area contributed by atoms with Crippen LogP contribution in [0.15, 0.2) is 16.6 Å². The van der Waals surface area contributed by atoms with Crippen molar-refractivity contribution in [2.75, 3.05) is 19.8 Å². The molecular formula is C14H18BrNO2. The number of hydrogen-bond acceptors (Lipinski definition) is 3. The van der Waals surface area contributed by atoms with Crippen molar-refractivity contribution < 1.29 is 9.47 Å². The lowest BCUT2D eigenvalue weighted by atomic mass is 9.92. The normalized spacial score (nSPS) is 23.8. The van der Waals surface area contributed by atoms with E-state index in [9.17, 15) is 0 Å². The first-order chi connectivity index (χ1) is 8.74. The molecule has 1 fully saturated rings. The van der Waals surface area contributed by atoms with Gasteiger partial charge in [-0.3, -0.25) is 0 Å². The highest BCUT2D eigenvalue weighted by molar-refractivity contribution is 9.10. The van der Waals surface area contributed by atoms with Gasteiger partial charge in [-0.15, -0.1) is 0 Å². The molecule has 1 aromatic rings. The monoisotopic (exact) mass is 311 g/mol. The Kier molecular flexibility index (Phi) is 3.59. The molecule has 0 aromatic heterocycles. The van der Waals surface area contributed by atoms with Crippen LogP contribution < -0.4 is 10.5 Å². The highest BCUT2D eigenvalue weighted by atomic mass is 79.9. The molecule has 0 radical (unpaired) electrons. The van der Waals surface area contributed by atoms with Gasteiger partial charge >= 0.3 is 0 Å². The van der Waals surface area contributed by atoms with Crippen molar-refractivity contribution in [2.24, 2.45) is 11.7 Å². The number of halogens is 1. The largest absolute Gasteiger partial charge is 0.493 e. The summed E-state index contributed by atoms with van der Waals surface area (Å²) in [4.78, 5) is 0. The third-order valence-electron chi connectivity index (χ3n) is 3.85. The molecule has 2 aliphatic rings. The van der Waals surface area contributed by atoms with Crippen LogP contribution in [0.1, 0.15) is 17.5 Å². The summed E-state index contributed by atoms with van der Waals surface area (Å²) in [6.07, 6.45) is 2.96. The second-order valence-corrected chi connectivity index (χ2v) is 6.06. The van der Waals surface area contributed by atoms with Gasteiger partial charge in [0.1, 0.15) is 5.75 Å². The van der Waals surface area contributed by atoms with Gasteiger partial charge in [0.15, 0.2) is 0 Å². The summed E-state index contributed by atoms with van der Waals surface area (Å²) in [6.45, 7) is 2.45. The van der Waals surface area contributed by atoms with Crippen molar-refractivity contribution in [3.05, 3.63) is 27.7 Å². The van der Waals surface area contributed by atoms with E-state index in [1.54, 1.807) is 0 Å². The first-order valence-corrected chi connectivity index (χ1v) is 7.31. The van der Waals surface area contributed by atoms with Gasteiger partial charge in [0.2, 0.25) is 0 Å². The maximum absolute atomic E-state index is 6.30. The molecule has 2 heterocycles. The fourth-order valence-corrected chi connectivity index (χ4v) is 3.36. The molecule has 0 saturated carbocycles. The Bertz CT molecular complexity index is 444. The summed E-state index contributed by atoms with van der Waals surface area (Å²) in [5, 5.41) is 0. The number of benzene rings is 1. The lowest BCUT2D eigenvalue weighted by molar-refractivity contribution is 0.180. The third kappa shape index (κ3) is 2.42. The van der Waals surface area contributed by atoms with Crippen LogP contribution in [0.5, 0.6) is 5.75 Å². The first-order valence-electron chi connectivity index (χ1n) is 6.51. The molecule has 4 heteroatoms. The molecule has 0 bridgehead atoms. The van der Waals surface area contributed by atoms with Gasteiger partial charge < -0.3 is 15.2 Å². The molecule has 18 heavy (non-hydrogen) atoms. The molecule has 1 saturated heterocycles. The molecular weight excluding hydrogens is 294 g/mol. The predicted molar refractivity (Wildman–Crippen MR) is 73.9 cm³/mol. The van der Waals surface area contributed by atoms with Gasteiger partial charge in [-0.1, -0.05) is 15.9 Å². The Hall–Kier alpha value is -0.580. The molecule has 2 aliphatic heterocycles. The van der Waals surface area contributed by atoms with Crippen LogP contribution in [0, 0.1) is 5.92 Å². The van der Waals surface area contributed by atoms with Crippen molar-refractivity contribution in [1.82, 2.24) is 0 Å². The first kappa shape index (κ1) is 12.5. The molecule has 2 atom stereocenters. The fourth-order valence-electron chi connectivity index (χ4n) is 2.81. The van der Waals surface area contributed by atoms with Crippen molar-refractivity contribution in [3.8, 4) is 5.75 Å². The van der Waals surface area contributed by atoms with Crippen molar-refractivity contribution in [3.63, 3.8) is 0 Å². The van der Waals surface area contributed by atoms with Crippen LogP contribution in [0.2, 0.25) is 0 Å². The quantitative estimate of drug-likeness (QED) is 0.931. The van der Waals surface area contributed by atoms with Crippen LogP contribution in [-0.4, -0.2) is 25.9 Å². The van der Waals surface area contributed by atoms with Crippen molar-refractivity contribution >= 4 is 15.9 Å². The number of rotatable bonds is 3. The SMILES string of the molecule is NC(Cc1cc(Br)cc2c1OCC2)C1CCOC1. The van der Waals surface area contributed by atoms with Crippen LogP contribution >= 0.6 is 15.9 Å². The van der Waals surface area contributed by atoms with Crippen LogP contribution in [-0.2, 0) is 17.6 Å². The van der Waals surface area contributed by atoms with Gasteiger partial charge in [-0.2, -0.15) is 0 Å². The molecule has 98 valence electrons. The van der Waals surface area contributed by atoms with Crippen LogP contribution in [0.3, 0.4) is 0 Å². The molecule has 0 aliphatic carbocycles. The van der Waals surface area contributed by atoms with Crippen LogP contribution in [0.4, 0.5) is 0 Å². The lowest BCUT2D eigenvalue weighted by Gasteiger charge is -2.19. The minimum Gasteiger partial charge on any atom is -0.493 e. The van der Waals surface area contributed by atoms with E-state index < -0.39 is 0 Å². The molecule has 1 aromatic carbocycles. The molecule has 3 nitrogen and oxygen atoms in total. The van der Waals surface area contributed by atoms with Gasteiger partial charge in [-0.05, 0) is 42.0 Å². The molecule has 0 spiro atoms. The van der Waals surface area contributed by atoms with Crippen molar-refractivity contribution in [1.29, 1.82) is 0 Å². The zero-order valence-corrected chi connectivity index (χ0v) is 11.9. The number of ether oxygens (including phenoxy) is 2. The highest BCUT2D eigenvalue weighted by Gasteiger charge is 2.25. The van der Waals surface area contributed by atoms with E-state index in [4.69, 9.17) is 15.2 Å². The van der Waals surface area contributed by atoms with E-state index in [0.29, 0.717) is 5.92 Å². The summed E-state index contributed by atoms with van der Waals surface area (Å²) in [6, 6.07) is 4.45. The Morgan fingerprint density at radius 3 is 3.06 bits per heavy atom. The van der Waals surface area contributed by atoms with E-state index >= 15 is 0 Å². The van der Waals surface area contributed by atoms with E-state index in [1.165, 1.54) is 11.1 Å². The average molecular weight is 312 g/mol. The summed E-state index contributed by atoms with van der Waals surface area (Å²) >= 11 is 3.57. The summed E-state index contributed by atoms with van der Waals surface area (Å²) in [7, 11) is 0. The van der Waals surface area contributed by atoms with Gasteiger partial charge in [0, 0.05) is 23.5 Å². The van der Waals surface area contributed by atoms with Gasteiger partial charge in [-0.25, -0.2) is 0 Å². The Labute approximate surface area is 116 Å². The maximum Gasteiger partial charge on any atom is 0.125 e. The highest BCUT2D eigenvalue weighted by Crippen LogP contribution is 2.34. The number of fused-ring (bicyclic) bond motifs is 1. The molecule has 3 rings (SSSR count). The zero-order chi connectivity index (χ0) is 12.5. The maximum atomic E-state index is 6.30. The third-order valence-corrected chi connectivity index (χ3v) is 4.31. The lowest BCUT2D eigenvalue weighted by Crippen LogP contribution is -2.32. The number of nitrogens with two attached hydrogens (primary N) is 1.